The Bertz CT molecular complexity index is 2080. The van der Waals surface area contributed by atoms with E-state index in [2.05, 4.69) is 146 Å². The van der Waals surface area contributed by atoms with Gasteiger partial charge in [-0.25, -0.2) is 0 Å². The largest absolute Gasteiger partial charge is 0.464 e. The van der Waals surface area contributed by atoms with Gasteiger partial charge in [0.05, 0.1) is 6.26 Å². The van der Waals surface area contributed by atoms with Gasteiger partial charge < -0.3 is 4.42 Å². The predicted octanol–water partition coefficient (Wildman–Crippen LogP) is 11.5. The quantitative estimate of drug-likeness (QED) is 0.212. The van der Waals surface area contributed by atoms with Gasteiger partial charge in [-0.1, -0.05) is 158 Å². The SMILES string of the molecule is C1=Cc2cccc3c2C/C(=C\C=C(\c2ccccccc(-c4ccccc5ccccc5oc4)c4ccccc24)C1)C=C3. The van der Waals surface area contributed by atoms with E-state index in [0.29, 0.717) is 0 Å². The second kappa shape index (κ2) is 12.2. The molecular formula is C42H32O. The van der Waals surface area contributed by atoms with Crippen LogP contribution in [-0.2, 0) is 6.42 Å². The second-order valence-corrected chi connectivity index (χ2v) is 10.9. The van der Waals surface area contributed by atoms with Crippen LogP contribution in [-0.4, -0.2) is 0 Å². The van der Waals surface area contributed by atoms with Crippen LogP contribution in [0.4, 0.5) is 0 Å². The maximum atomic E-state index is 6.28. The van der Waals surface area contributed by atoms with Crippen molar-refractivity contribution >= 4 is 39.5 Å². The van der Waals surface area contributed by atoms with E-state index in [9.17, 15) is 0 Å². The maximum Gasteiger partial charge on any atom is 0.133 e. The van der Waals surface area contributed by atoms with Crippen molar-refractivity contribution in [3.8, 4) is 11.1 Å². The Labute approximate surface area is 253 Å². The highest BCUT2D eigenvalue weighted by Crippen LogP contribution is 2.34. The molecule has 0 saturated heterocycles. The van der Waals surface area contributed by atoms with Gasteiger partial charge in [0.15, 0.2) is 0 Å². The molecule has 2 aliphatic rings. The minimum Gasteiger partial charge on any atom is -0.464 e. The van der Waals surface area contributed by atoms with E-state index in [4.69, 9.17) is 4.42 Å². The van der Waals surface area contributed by atoms with Crippen LogP contribution in [0, 0.1) is 0 Å². The number of fused-ring (bicyclic) bond motifs is 3. The van der Waals surface area contributed by atoms with Crippen molar-refractivity contribution in [2.24, 2.45) is 0 Å². The fourth-order valence-electron chi connectivity index (χ4n) is 5.96. The van der Waals surface area contributed by atoms with E-state index >= 15 is 0 Å². The first-order chi connectivity index (χ1) is 21.3. The molecule has 0 fully saturated rings. The van der Waals surface area contributed by atoms with Crippen LogP contribution >= 0.6 is 0 Å². The summed E-state index contributed by atoms with van der Waals surface area (Å²) in [5, 5.41) is 3.40. The molecule has 0 saturated carbocycles. The lowest BCUT2D eigenvalue weighted by atomic mass is 9.88. The highest BCUT2D eigenvalue weighted by molar-refractivity contribution is 6.01. The van der Waals surface area contributed by atoms with E-state index in [1.54, 1.807) is 0 Å². The Morgan fingerprint density at radius 1 is 0.512 bits per heavy atom. The average molecular weight is 553 g/mol. The molecule has 5 aromatic rings. The highest BCUT2D eigenvalue weighted by atomic mass is 16.3. The van der Waals surface area contributed by atoms with E-state index in [-0.39, 0.29) is 0 Å². The van der Waals surface area contributed by atoms with Crippen molar-refractivity contribution in [1.82, 2.24) is 0 Å². The molecule has 2 bridgehead atoms. The minimum absolute atomic E-state index is 0.827. The number of hydrogen-bond acceptors (Lipinski definition) is 1. The number of benzene rings is 3. The third-order valence-electron chi connectivity index (χ3n) is 8.16. The van der Waals surface area contributed by atoms with Gasteiger partial charge in [0.25, 0.3) is 0 Å². The Balaban J connectivity index is 1.46. The standard InChI is InChI=1S/C42H32O/c1-2-4-21-38(36-15-6-5-13-35-14-7-10-24-42(35)43-30-36)40-23-9-8-22-39(40)37(20-3-1)33-18-11-16-32-17-12-19-34-28-26-31(25-27-33)29-41(32)34/h1-17,19-28,30H,18,29H2/b2-1?,3-1?,4-2?,13-5?,15-6?,16-11?,20-3?,21-4?,31-25-,33-27+,36-30?,37-20?,38-21?,39-37?,40-38?. The molecule has 0 unspecified atom stereocenters. The van der Waals surface area contributed by atoms with Crippen molar-refractivity contribution in [2.45, 2.75) is 12.8 Å². The smallest absolute Gasteiger partial charge is 0.133 e. The lowest BCUT2D eigenvalue weighted by molar-refractivity contribution is 0.608. The molecule has 0 amide bonds. The Morgan fingerprint density at radius 2 is 1.19 bits per heavy atom. The van der Waals surface area contributed by atoms with Gasteiger partial charge in [0, 0.05) is 10.9 Å². The minimum atomic E-state index is 0.827. The van der Waals surface area contributed by atoms with Crippen LogP contribution in [0.1, 0.15) is 28.7 Å². The van der Waals surface area contributed by atoms with Crippen molar-refractivity contribution < 1.29 is 4.42 Å². The average Bonchev–Trinajstić information content (AvgIpc) is 3.15. The molecule has 0 atom stereocenters. The molecule has 4 aromatic carbocycles. The summed E-state index contributed by atoms with van der Waals surface area (Å²) in [7, 11) is 0. The number of hydrogen-bond donors (Lipinski definition) is 0. The molecule has 1 nitrogen and oxygen atoms in total. The van der Waals surface area contributed by atoms with Crippen LogP contribution in [0.25, 0.3) is 50.6 Å². The zero-order valence-corrected chi connectivity index (χ0v) is 24.0. The van der Waals surface area contributed by atoms with Crippen LogP contribution < -0.4 is 0 Å². The summed E-state index contributed by atoms with van der Waals surface area (Å²) >= 11 is 0. The molecule has 0 N–H and O–H groups in total. The number of para-hydroxylation sites is 1. The van der Waals surface area contributed by atoms with E-state index in [0.717, 1.165) is 40.3 Å². The fourth-order valence-corrected chi connectivity index (χ4v) is 5.96. The first kappa shape index (κ1) is 26.5. The Morgan fingerprint density at radius 3 is 2.02 bits per heavy atom. The van der Waals surface area contributed by atoms with Crippen LogP contribution in [0.2, 0.25) is 0 Å². The summed E-state index contributed by atoms with van der Waals surface area (Å²) < 4.78 is 6.28. The molecule has 2 aliphatic carbocycles. The van der Waals surface area contributed by atoms with E-state index < -0.39 is 0 Å². The molecule has 7 rings (SSSR count). The number of allylic oxidation sites excluding steroid dienone is 6. The molecular weight excluding hydrogens is 520 g/mol. The fraction of sp³-hybridized carbons (Fsp3) is 0.0476. The van der Waals surface area contributed by atoms with Gasteiger partial charge in [0.2, 0.25) is 0 Å². The summed E-state index contributed by atoms with van der Waals surface area (Å²) in [6.07, 6.45) is 17.4. The molecule has 0 spiro atoms. The lowest BCUT2D eigenvalue weighted by Crippen LogP contribution is -2.00. The normalized spacial score (nSPS) is 15.9. The van der Waals surface area contributed by atoms with Crippen molar-refractivity contribution in [2.75, 3.05) is 0 Å². The van der Waals surface area contributed by atoms with Crippen molar-refractivity contribution in [1.29, 1.82) is 0 Å². The van der Waals surface area contributed by atoms with Crippen molar-refractivity contribution in [3.63, 3.8) is 0 Å². The third-order valence-corrected chi connectivity index (χ3v) is 8.16. The summed E-state index contributed by atoms with van der Waals surface area (Å²) in [6.45, 7) is 0. The first-order valence-electron chi connectivity index (χ1n) is 14.9. The molecule has 1 aromatic heterocycles. The van der Waals surface area contributed by atoms with Gasteiger partial charge in [-0.05, 0) is 68.6 Å². The highest BCUT2D eigenvalue weighted by Gasteiger charge is 2.13. The van der Waals surface area contributed by atoms with Gasteiger partial charge in [0.1, 0.15) is 5.58 Å². The predicted molar refractivity (Wildman–Crippen MR) is 183 cm³/mol. The van der Waals surface area contributed by atoms with E-state index in [1.807, 2.05) is 24.5 Å². The van der Waals surface area contributed by atoms with Crippen LogP contribution in [0.3, 0.4) is 0 Å². The van der Waals surface area contributed by atoms with Crippen molar-refractivity contribution in [3.05, 3.63) is 186 Å². The van der Waals surface area contributed by atoms with Gasteiger partial charge in [-0.15, -0.1) is 0 Å². The molecule has 1 heteroatoms. The van der Waals surface area contributed by atoms with E-state index in [1.165, 1.54) is 38.8 Å². The van der Waals surface area contributed by atoms with Gasteiger partial charge >= 0.3 is 0 Å². The number of rotatable bonds is 2. The molecule has 1 heterocycles. The molecule has 0 radical (unpaired) electrons. The summed E-state index contributed by atoms with van der Waals surface area (Å²) in [4.78, 5) is 0. The van der Waals surface area contributed by atoms with Gasteiger partial charge in [-0.3, -0.25) is 0 Å². The Hall–Kier alpha value is -5.40. The molecule has 0 aliphatic heterocycles. The monoisotopic (exact) mass is 552 g/mol. The van der Waals surface area contributed by atoms with Crippen LogP contribution in [0.15, 0.2) is 168 Å². The van der Waals surface area contributed by atoms with Crippen LogP contribution in [0.5, 0.6) is 0 Å². The summed E-state index contributed by atoms with van der Waals surface area (Å²) in [6, 6.07) is 44.7. The summed E-state index contributed by atoms with van der Waals surface area (Å²) in [5.41, 5.74) is 10.8. The Kier molecular flexibility index (Phi) is 7.53. The van der Waals surface area contributed by atoms with Gasteiger partial charge in [-0.2, -0.15) is 0 Å². The summed E-state index contributed by atoms with van der Waals surface area (Å²) in [5.74, 6) is 0. The lowest BCUT2D eigenvalue weighted by Gasteiger charge is -2.17. The molecule has 206 valence electrons. The zero-order valence-electron chi connectivity index (χ0n) is 24.0. The maximum absolute atomic E-state index is 6.28. The first-order valence-corrected chi connectivity index (χ1v) is 14.9. The topological polar surface area (TPSA) is 13.1 Å². The zero-order chi connectivity index (χ0) is 28.8. The molecule has 43 heavy (non-hydrogen) atoms. The second-order valence-electron chi connectivity index (χ2n) is 10.9. The third kappa shape index (κ3) is 5.71.